The summed E-state index contributed by atoms with van der Waals surface area (Å²) >= 11 is 0. The van der Waals surface area contributed by atoms with Gasteiger partial charge in [-0.3, -0.25) is 4.79 Å². The molecule has 3 nitrogen and oxygen atoms in total. The van der Waals surface area contributed by atoms with Crippen LogP contribution in [0.4, 0.5) is 0 Å². The molecule has 2 atom stereocenters. The molecule has 0 fully saturated rings. The van der Waals surface area contributed by atoms with Crippen molar-refractivity contribution in [2.45, 2.75) is 109 Å². The Hall–Kier alpha value is -0.410. The third-order valence-corrected chi connectivity index (χ3v) is 4.35. The van der Waals surface area contributed by atoms with E-state index in [2.05, 4.69) is 6.92 Å². The molecule has 1 radical (unpaired) electrons. The van der Waals surface area contributed by atoms with Crippen molar-refractivity contribution in [1.82, 2.24) is 0 Å². The Balaban J connectivity index is 3.55. The summed E-state index contributed by atoms with van der Waals surface area (Å²) < 4.78 is 5.45. The fourth-order valence-electron chi connectivity index (χ4n) is 2.86. The summed E-state index contributed by atoms with van der Waals surface area (Å²) in [4.78, 5) is 10.1. The van der Waals surface area contributed by atoms with Gasteiger partial charge in [0, 0.05) is 13.5 Å². The molecule has 1 N–H and O–H groups in total. The van der Waals surface area contributed by atoms with Crippen LogP contribution in [-0.2, 0) is 9.53 Å². The highest BCUT2D eigenvalue weighted by Crippen LogP contribution is 2.16. The van der Waals surface area contributed by atoms with Gasteiger partial charge in [-0.05, 0) is 19.3 Å². The van der Waals surface area contributed by atoms with Crippen LogP contribution in [0.15, 0.2) is 0 Å². The molecule has 0 saturated heterocycles. The molecular weight excluding hydrogens is 276 g/mol. The molecule has 0 aliphatic carbocycles. The number of unbranched alkanes of at least 4 members (excludes halogenated alkanes) is 10. The van der Waals surface area contributed by atoms with E-state index in [9.17, 15) is 9.90 Å². The molecule has 0 saturated carbocycles. The Labute approximate surface area is 137 Å². The number of carbonyl (C=O) groups excluding carboxylic acids is 1. The van der Waals surface area contributed by atoms with Crippen LogP contribution in [0.5, 0.6) is 0 Å². The van der Waals surface area contributed by atoms with E-state index in [0.717, 1.165) is 51.4 Å². The van der Waals surface area contributed by atoms with Crippen molar-refractivity contribution < 1.29 is 14.6 Å². The van der Waals surface area contributed by atoms with Crippen LogP contribution in [-0.4, -0.2) is 30.7 Å². The zero-order valence-corrected chi connectivity index (χ0v) is 14.8. The second-order valence-electron chi connectivity index (χ2n) is 6.35. The lowest BCUT2D eigenvalue weighted by molar-refractivity contribution is -0.0221. The predicted octanol–water partition coefficient (Wildman–Crippen LogP) is 4.95. The van der Waals surface area contributed by atoms with E-state index in [-0.39, 0.29) is 12.2 Å². The molecule has 0 bridgehead atoms. The summed E-state index contributed by atoms with van der Waals surface area (Å²) in [6.07, 6.45) is 17.0. The molecule has 131 valence electrons. The van der Waals surface area contributed by atoms with Crippen LogP contribution in [0.2, 0.25) is 0 Å². The van der Waals surface area contributed by atoms with Crippen LogP contribution in [0, 0.1) is 0 Å². The molecule has 0 amide bonds. The quantitative estimate of drug-likeness (QED) is 0.386. The Bertz CT molecular complexity index is 231. The summed E-state index contributed by atoms with van der Waals surface area (Å²) in [6, 6.07) is 0. The number of aliphatic hydroxyl groups excluding tert-OH is 1. The van der Waals surface area contributed by atoms with Gasteiger partial charge >= 0.3 is 0 Å². The summed E-state index contributed by atoms with van der Waals surface area (Å²) in [5.74, 6) is 0. The Morgan fingerprint density at radius 1 is 0.864 bits per heavy atom. The number of rotatable bonds is 17. The fraction of sp³-hybridized carbons (Fsp3) is 0.947. The molecule has 0 aromatic carbocycles. The highest BCUT2D eigenvalue weighted by atomic mass is 16.5. The van der Waals surface area contributed by atoms with Gasteiger partial charge in [0.1, 0.15) is 0 Å². The van der Waals surface area contributed by atoms with Crippen LogP contribution >= 0.6 is 0 Å². The molecule has 22 heavy (non-hydrogen) atoms. The normalized spacial score (nSPS) is 14.0. The van der Waals surface area contributed by atoms with Gasteiger partial charge in [0.2, 0.25) is 0 Å². The largest absolute Gasteiger partial charge is 0.390 e. The summed E-state index contributed by atoms with van der Waals surface area (Å²) in [6.45, 7) is 2.23. The summed E-state index contributed by atoms with van der Waals surface area (Å²) in [7, 11) is 1.70. The molecule has 0 heterocycles. The maximum Gasteiger partial charge on any atom is 0.198 e. The second-order valence-corrected chi connectivity index (χ2v) is 6.35. The molecular formula is C19H37O3. The SMILES string of the molecule is CCCCCCCCC(O)C(CCCCCCC[C]=O)OC. The molecule has 2 unspecified atom stereocenters. The van der Waals surface area contributed by atoms with Crippen molar-refractivity contribution in [3.05, 3.63) is 0 Å². The number of hydrogen-bond donors (Lipinski definition) is 1. The first kappa shape index (κ1) is 21.6. The number of ether oxygens (including phenoxy) is 1. The van der Waals surface area contributed by atoms with Crippen molar-refractivity contribution in [1.29, 1.82) is 0 Å². The van der Waals surface area contributed by atoms with E-state index in [1.54, 1.807) is 7.11 Å². The van der Waals surface area contributed by atoms with Crippen molar-refractivity contribution in [2.24, 2.45) is 0 Å². The fourth-order valence-corrected chi connectivity index (χ4v) is 2.86. The van der Waals surface area contributed by atoms with E-state index < -0.39 is 0 Å². The van der Waals surface area contributed by atoms with Crippen LogP contribution < -0.4 is 0 Å². The third-order valence-electron chi connectivity index (χ3n) is 4.35. The van der Waals surface area contributed by atoms with Crippen LogP contribution in [0.3, 0.4) is 0 Å². The van der Waals surface area contributed by atoms with Crippen molar-refractivity contribution in [3.8, 4) is 0 Å². The minimum absolute atomic E-state index is 0.0149. The average Bonchev–Trinajstić information content (AvgIpc) is 2.53. The molecule has 0 aliphatic rings. The lowest BCUT2D eigenvalue weighted by Gasteiger charge is -2.21. The van der Waals surface area contributed by atoms with E-state index in [4.69, 9.17) is 4.74 Å². The van der Waals surface area contributed by atoms with Gasteiger partial charge in [-0.15, -0.1) is 0 Å². The maximum atomic E-state index is 10.2. The van der Waals surface area contributed by atoms with Crippen LogP contribution in [0.1, 0.15) is 96.8 Å². The number of aliphatic hydroxyl groups is 1. The van der Waals surface area contributed by atoms with E-state index >= 15 is 0 Å². The average molecular weight is 314 g/mol. The molecule has 0 rings (SSSR count). The standard InChI is InChI=1S/C19H37O3/c1-3-4-5-6-9-12-15-18(21)19(22-2)16-13-10-7-8-11-14-17-20/h18-19,21H,3-16H2,1-2H3. The van der Waals surface area contributed by atoms with E-state index in [0.29, 0.717) is 6.42 Å². The second kappa shape index (κ2) is 17.0. The van der Waals surface area contributed by atoms with Gasteiger partial charge in [0.05, 0.1) is 12.2 Å². The summed E-state index contributed by atoms with van der Waals surface area (Å²) in [5.41, 5.74) is 0. The minimum atomic E-state index is -0.319. The van der Waals surface area contributed by atoms with Gasteiger partial charge in [0.25, 0.3) is 0 Å². The molecule has 0 spiro atoms. The van der Waals surface area contributed by atoms with Crippen molar-refractivity contribution in [2.75, 3.05) is 7.11 Å². The van der Waals surface area contributed by atoms with Gasteiger partial charge < -0.3 is 9.84 Å². The summed E-state index contributed by atoms with van der Waals surface area (Å²) in [5, 5.41) is 10.2. The highest BCUT2D eigenvalue weighted by Gasteiger charge is 2.17. The van der Waals surface area contributed by atoms with E-state index in [1.807, 2.05) is 6.29 Å². The van der Waals surface area contributed by atoms with Gasteiger partial charge in [-0.25, -0.2) is 0 Å². The van der Waals surface area contributed by atoms with Gasteiger partial charge in [-0.1, -0.05) is 71.1 Å². The Morgan fingerprint density at radius 3 is 2.00 bits per heavy atom. The number of methoxy groups -OCH3 is 1. The van der Waals surface area contributed by atoms with Crippen LogP contribution in [0.25, 0.3) is 0 Å². The first-order valence-electron chi connectivity index (χ1n) is 9.32. The maximum absolute atomic E-state index is 10.2. The van der Waals surface area contributed by atoms with Crippen molar-refractivity contribution >= 4 is 6.29 Å². The molecule has 0 aromatic rings. The number of hydrogen-bond acceptors (Lipinski definition) is 3. The molecule has 0 aliphatic heterocycles. The van der Waals surface area contributed by atoms with Gasteiger partial charge in [0.15, 0.2) is 6.29 Å². The van der Waals surface area contributed by atoms with Gasteiger partial charge in [-0.2, -0.15) is 0 Å². The first-order valence-corrected chi connectivity index (χ1v) is 9.32. The lowest BCUT2D eigenvalue weighted by Crippen LogP contribution is -2.27. The highest BCUT2D eigenvalue weighted by molar-refractivity contribution is 5.50. The Morgan fingerprint density at radius 2 is 1.41 bits per heavy atom. The predicted molar refractivity (Wildman–Crippen MR) is 92.8 cm³/mol. The first-order chi connectivity index (χ1) is 10.8. The molecule has 3 heteroatoms. The minimum Gasteiger partial charge on any atom is -0.390 e. The topological polar surface area (TPSA) is 46.5 Å². The monoisotopic (exact) mass is 313 g/mol. The van der Waals surface area contributed by atoms with Crippen molar-refractivity contribution in [3.63, 3.8) is 0 Å². The Kier molecular flexibility index (Phi) is 16.6. The smallest absolute Gasteiger partial charge is 0.198 e. The third kappa shape index (κ3) is 13.3. The zero-order chi connectivity index (χ0) is 16.5. The zero-order valence-electron chi connectivity index (χ0n) is 14.8. The molecule has 0 aromatic heterocycles. The van der Waals surface area contributed by atoms with E-state index in [1.165, 1.54) is 32.1 Å². The lowest BCUT2D eigenvalue weighted by atomic mass is 9.99.